The van der Waals surface area contributed by atoms with Gasteiger partial charge in [-0.05, 0) is 36.3 Å². The summed E-state index contributed by atoms with van der Waals surface area (Å²) in [6, 6.07) is 9.60. The fourth-order valence-electron chi connectivity index (χ4n) is 2.04. The molecule has 17 heavy (non-hydrogen) atoms. The van der Waals surface area contributed by atoms with Gasteiger partial charge in [-0.15, -0.1) is 0 Å². The molecule has 0 saturated heterocycles. The van der Waals surface area contributed by atoms with Gasteiger partial charge in [-0.25, -0.2) is 0 Å². The van der Waals surface area contributed by atoms with Crippen molar-refractivity contribution in [2.75, 3.05) is 18.6 Å². The van der Waals surface area contributed by atoms with E-state index >= 15 is 0 Å². The maximum absolute atomic E-state index is 3.54. The van der Waals surface area contributed by atoms with Crippen LogP contribution in [0.2, 0.25) is 0 Å². The first-order valence-corrected chi connectivity index (χ1v) is 7.87. The van der Waals surface area contributed by atoms with E-state index in [4.69, 9.17) is 0 Å². The summed E-state index contributed by atoms with van der Waals surface area (Å²) in [6.45, 7) is 7.73. The maximum Gasteiger partial charge on any atom is 0.0411 e. The zero-order valence-electron chi connectivity index (χ0n) is 11.5. The van der Waals surface area contributed by atoms with Crippen molar-refractivity contribution in [1.29, 1.82) is 0 Å². The summed E-state index contributed by atoms with van der Waals surface area (Å²) in [7, 11) is 0. The van der Waals surface area contributed by atoms with Crippen LogP contribution in [0.5, 0.6) is 0 Å². The Morgan fingerprint density at radius 1 is 1.18 bits per heavy atom. The van der Waals surface area contributed by atoms with E-state index < -0.39 is 0 Å². The van der Waals surface area contributed by atoms with Gasteiger partial charge in [0.1, 0.15) is 0 Å². The van der Waals surface area contributed by atoms with Crippen molar-refractivity contribution in [1.82, 2.24) is 5.32 Å². The second-order valence-corrected chi connectivity index (χ2v) is 5.82. The van der Waals surface area contributed by atoms with E-state index in [0.29, 0.717) is 6.04 Å². The molecule has 0 aromatic heterocycles. The molecule has 96 valence electrons. The molecule has 0 fully saturated rings. The van der Waals surface area contributed by atoms with Crippen molar-refractivity contribution in [2.45, 2.75) is 33.2 Å². The van der Waals surface area contributed by atoms with E-state index in [1.54, 1.807) is 0 Å². The van der Waals surface area contributed by atoms with E-state index in [9.17, 15) is 0 Å². The van der Waals surface area contributed by atoms with Gasteiger partial charge in [-0.3, -0.25) is 0 Å². The van der Waals surface area contributed by atoms with Gasteiger partial charge in [-0.2, -0.15) is 11.8 Å². The minimum atomic E-state index is 0.489. The summed E-state index contributed by atoms with van der Waals surface area (Å²) in [5, 5.41) is 3.54. The van der Waals surface area contributed by atoms with E-state index in [2.05, 4.69) is 56.6 Å². The molecule has 1 unspecified atom stereocenters. The fourth-order valence-corrected chi connectivity index (χ4v) is 2.69. The van der Waals surface area contributed by atoms with Crippen molar-refractivity contribution in [3.63, 3.8) is 0 Å². The zero-order valence-corrected chi connectivity index (χ0v) is 12.3. The topological polar surface area (TPSA) is 12.0 Å². The molecule has 0 saturated carbocycles. The lowest BCUT2D eigenvalue weighted by atomic mass is 10.00. The molecule has 1 atom stereocenters. The molecular formula is C15H25NS. The molecule has 1 rings (SSSR count). The number of nitrogens with one attached hydrogen (secondary N) is 1. The first-order chi connectivity index (χ1) is 8.17. The van der Waals surface area contributed by atoms with Crippen LogP contribution in [0, 0.1) is 5.92 Å². The average Bonchev–Trinajstić information content (AvgIpc) is 2.29. The highest BCUT2D eigenvalue weighted by molar-refractivity contribution is 7.98. The normalized spacial score (nSPS) is 13.0. The highest BCUT2D eigenvalue weighted by atomic mass is 32.2. The number of benzene rings is 1. The van der Waals surface area contributed by atoms with Gasteiger partial charge in [-0.1, -0.05) is 45.0 Å². The molecule has 1 aromatic carbocycles. The number of hydrogen-bond donors (Lipinski definition) is 1. The van der Waals surface area contributed by atoms with Crippen molar-refractivity contribution in [2.24, 2.45) is 5.92 Å². The predicted molar refractivity (Wildman–Crippen MR) is 79.8 cm³/mol. The van der Waals surface area contributed by atoms with E-state index in [1.165, 1.54) is 17.5 Å². The smallest absolute Gasteiger partial charge is 0.0411 e. The molecule has 1 nitrogen and oxygen atoms in total. The van der Waals surface area contributed by atoms with Crippen LogP contribution >= 0.6 is 11.8 Å². The second kappa shape index (κ2) is 7.78. The monoisotopic (exact) mass is 251 g/mol. The van der Waals surface area contributed by atoms with Gasteiger partial charge < -0.3 is 5.32 Å². The molecule has 0 radical (unpaired) electrons. The molecule has 0 aliphatic carbocycles. The third-order valence-electron chi connectivity index (χ3n) is 2.81. The summed E-state index contributed by atoms with van der Waals surface area (Å²) in [5.74, 6) is 1.87. The molecule has 0 spiro atoms. The number of thioether (sulfide) groups is 1. The van der Waals surface area contributed by atoms with E-state index in [-0.39, 0.29) is 0 Å². The van der Waals surface area contributed by atoms with Crippen LogP contribution in [0.15, 0.2) is 24.3 Å². The fraction of sp³-hybridized carbons (Fsp3) is 0.600. The van der Waals surface area contributed by atoms with Gasteiger partial charge in [0.15, 0.2) is 0 Å². The van der Waals surface area contributed by atoms with Crippen LogP contribution in [-0.4, -0.2) is 18.6 Å². The Kier molecular flexibility index (Phi) is 6.68. The quantitative estimate of drug-likeness (QED) is 0.789. The molecule has 0 aliphatic rings. The standard InChI is InChI=1S/C15H25NS/c1-5-16-15(11-17-4)14-8-6-13(7-9-14)10-12(2)3/h6-9,12,15-16H,5,10-11H2,1-4H3. The third kappa shape index (κ3) is 5.13. The highest BCUT2D eigenvalue weighted by Crippen LogP contribution is 2.18. The van der Waals surface area contributed by atoms with Crippen molar-refractivity contribution in [3.8, 4) is 0 Å². The van der Waals surface area contributed by atoms with Crippen molar-refractivity contribution in [3.05, 3.63) is 35.4 Å². The summed E-state index contributed by atoms with van der Waals surface area (Å²) in [5.41, 5.74) is 2.86. The Bertz CT molecular complexity index is 299. The van der Waals surface area contributed by atoms with Crippen molar-refractivity contribution < 1.29 is 0 Å². The SMILES string of the molecule is CCNC(CSC)c1ccc(CC(C)C)cc1. The largest absolute Gasteiger partial charge is 0.310 e. The van der Waals surface area contributed by atoms with Crippen LogP contribution in [0.3, 0.4) is 0 Å². The predicted octanol–water partition coefficient (Wildman–Crippen LogP) is 3.90. The van der Waals surface area contributed by atoms with Gasteiger partial charge in [0.2, 0.25) is 0 Å². The molecule has 2 heteroatoms. The van der Waals surface area contributed by atoms with Gasteiger partial charge in [0.25, 0.3) is 0 Å². The Balaban J connectivity index is 2.69. The maximum atomic E-state index is 3.54. The van der Waals surface area contributed by atoms with Crippen LogP contribution in [0.1, 0.15) is 37.9 Å². The summed E-state index contributed by atoms with van der Waals surface area (Å²) >= 11 is 1.90. The van der Waals surface area contributed by atoms with Crippen LogP contribution in [0.25, 0.3) is 0 Å². The molecule has 0 bridgehead atoms. The van der Waals surface area contributed by atoms with E-state index in [1.807, 2.05) is 11.8 Å². The average molecular weight is 251 g/mol. The highest BCUT2D eigenvalue weighted by Gasteiger charge is 2.09. The first kappa shape index (κ1) is 14.6. The van der Waals surface area contributed by atoms with Crippen LogP contribution in [0.4, 0.5) is 0 Å². The second-order valence-electron chi connectivity index (χ2n) is 4.91. The molecular weight excluding hydrogens is 226 g/mol. The lowest BCUT2D eigenvalue weighted by Gasteiger charge is -2.17. The Morgan fingerprint density at radius 2 is 1.82 bits per heavy atom. The van der Waals surface area contributed by atoms with Gasteiger partial charge >= 0.3 is 0 Å². The first-order valence-electron chi connectivity index (χ1n) is 6.48. The van der Waals surface area contributed by atoms with Crippen LogP contribution in [-0.2, 0) is 6.42 Å². The number of hydrogen-bond acceptors (Lipinski definition) is 2. The lowest BCUT2D eigenvalue weighted by molar-refractivity contribution is 0.605. The Hall–Kier alpha value is -0.470. The van der Waals surface area contributed by atoms with Crippen molar-refractivity contribution >= 4 is 11.8 Å². The van der Waals surface area contributed by atoms with Crippen LogP contribution < -0.4 is 5.32 Å². The summed E-state index contributed by atoms with van der Waals surface area (Å²) < 4.78 is 0. The lowest BCUT2D eigenvalue weighted by Crippen LogP contribution is -2.22. The molecule has 0 aliphatic heterocycles. The minimum absolute atomic E-state index is 0.489. The molecule has 1 N–H and O–H groups in total. The molecule has 1 aromatic rings. The Morgan fingerprint density at radius 3 is 2.29 bits per heavy atom. The summed E-state index contributed by atoms with van der Waals surface area (Å²) in [4.78, 5) is 0. The Labute approximate surface area is 110 Å². The van der Waals surface area contributed by atoms with Gasteiger partial charge in [0, 0.05) is 11.8 Å². The molecule has 0 amide bonds. The van der Waals surface area contributed by atoms with Gasteiger partial charge in [0.05, 0.1) is 0 Å². The minimum Gasteiger partial charge on any atom is -0.310 e. The van der Waals surface area contributed by atoms with E-state index in [0.717, 1.165) is 18.2 Å². The number of rotatable bonds is 7. The zero-order chi connectivity index (χ0) is 12.7. The summed E-state index contributed by atoms with van der Waals surface area (Å²) in [6.07, 6.45) is 3.34. The molecule has 0 heterocycles. The third-order valence-corrected chi connectivity index (χ3v) is 3.48.